The van der Waals surface area contributed by atoms with Crippen molar-refractivity contribution in [1.82, 2.24) is 14.5 Å². The molecule has 3 rings (SSSR count). The summed E-state index contributed by atoms with van der Waals surface area (Å²) in [6.45, 7) is 2.36. The van der Waals surface area contributed by atoms with Crippen LogP contribution < -0.4 is 5.56 Å². The highest BCUT2D eigenvalue weighted by Crippen LogP contribution is 2.28. The van der Waals surface area contributed by atoms with E-state index in [4.69, 9.17) is 0 Å². The zero-order valence-corrected chi connectivity index (χ0v) is 13.8. The van der Waals surface area contributed by atoms with Gasteiger partial charge in [0.05, 0.1) is 12.4 Å². The van der Waals surface area contributed by atoms with Gasteiger partial charge in [-0.15, -0.1) is 0 Å². The van der Waals surface area contributed by atoms with E-state index in [0.29, 0.717) is 12.5 Å². The number of aromatic nitrogens is 2. The Labute approximate surface area is 140 Å². The number of alkyl halides is 2. The molecule has 1 saturated heterocycles. The van der Waals surface area contributed by atoms with E-state index in [1.807, 2.05) is 0 Å². The molecular formula is C17H25F2N3O2. The fraction of sp³-hybridized carbons (Fsp3) is 0.765. The van der Waals surface area contributed by atoms with Crippen LogP contribution in [0.5, 0.6) is 0 Å². The molecule has 24 heavy (non-hydrogen) atoms. The SMILES string of the molecule is O=c1cc(C(F)F)ncn1CC1CCN(C2CCCCC2O)CC1. The average Bonchev–Trinajstić information content (AvgIpc) is 2.58. The van der Waals surface area contributed by atoms with Gasteiger partial charge in [-0.1, -0.05) is 12.8 Å². The van der Waals surface area contributed by atoms with Gasteiger partial charge >= 0.3 is 0 Å². The van der Waals surface area contributed by atoms with Crippen LogP contribution in [0.25, 0.3) is 0 Å². The Kier molecular flexibility index (Phi) is 5.61. The van der Waals surface area contributed by atoms with Crippen LogP contribution in [0.3, 0.4) is 0 Å². The highest BCUT2D eigenvalue weighted by atomic mass is 19.3. The monoisotopic (exact) mass is 341 g/mol. The minimum atomic E-state index is -2.71. The first-order valence-electron chi connectivity index (χ1n) is 8.81. The summed E-state index contributed by atoms with van der Waals surface area (Å²) in [5.41, 5.74) is -0.872. The van der Waals surface area contributed by atoms with Gasteiger partial charge in [0.1, 0.15) is 5.69 Å². The molecule has 2 atom stereocenters. The molecule has 1 aromatic rings. The molecule has 0 bridgehead atoms. The number of aliphatic hydroxyl groups excluding tert-OH is 1. The van der Waals surface area contributed by atoms with Gasteiger partial charge in [0.15, 0.2) is 0 Å². The second kappa shape index (κ2) is 7.70. The molecule has 2 fully saturated rings. The number of halogens is 2. The standard InChI is InChI=1S/C17H25F2N3O2/c18-17(19)13-9-16(24)22(11-20-13)10-12-5-7-21(8-6-12)14-3-1-2-4-15(14)23/h9,11-12,14-15,17,23H,1-8,10H2. The Hall–Kier alpha value is -1.34. The maximum absolute atomic E-state index is 12.6. The number of nitrogens with zero attached hydrogens (tertiary/aromatic N) is 3. The van der Waals surface area contributed by atoms with Gasteiger partial charge in [0, 0.05) is 18.7 Å². The lowest BCUT2D eigenvalue weighted by Crippen LogP contribution is -2.49. The number of hydrogen-bond acceptors (Lipinski definition) is 4. The first kappa shape index (κ1) is 17.5. The highest BCUT2D eigenvalue weighted by Gasteiger charge is 2.31. The predicted molar refractivity (Wildman–Crippen MR) is 86.0 cm³/mol. The van der Waals surface area contributed by atoms with E-state index in [-0.39, 0.29) is 12.1 Å². The molecule has 2 unspecified atom stereocenters. The van der Waals surface area contributed by atoms with Crippen molar-refractivity contribution >= 4 is 0 Å². The van der Waals surface area contributed by atoms with Crippen LogP contribution in [0.4, 0.5) is 8.78 Å². The molecule has 0 spiro atoms. The second-order valence-corrected chi connectivity index (χ2v) is 7.00. The smallest absolute Gasteiger partial charge is 0.280 e. The lowest BCUT2D eigenvalue weighted by atomic mass is 9.88. The molecule has 0 amide bonds. The third kappa shape index (κ3) is 4.00. The predicted octanol–water partition coefficient (Wildman–Crippen LogP) is 2.20. The van der Waals surface area contributed by atoms with Crippen LogP contribution in [0.2, 0.25) is 0 Å². The van der Waals surface area contributed by atoms with Gasteiger partial charge < -0.3 is 5.11 Å². The van der Waals surface area contributed by atoms with Crippen LogP contribution in [-0.2, 0) is 6.54 Å². The first-order chi connectivity index (χ1) is 11.5. The molecular weight excluding hydrogens is 316 g/mol. The molecule has 0 radical (unpaired) electrons. The van der Waals surface area contributed by atoms with Crippen LogP contribution in [0.15, 0.2) is 17.2 Å². The molecule has 1 aliphatic heterocycles. The van der Waals surface area contributed by atoms with Gasteiger partial charge in [0.25, 0.3) is 12.0 Å². The van der Waals surface area contributed by atoms with Gasteiger partial charge in [0.2, 0.25) is 0 Å². The summed E-state index contributed by atoms with van der Waals surface area (Å²) < 4.78 is 26.5. The molecule has 7 heteroatoms. The minimum absolute atomic E-state index is 0.219. The molecule has 5 nitrogen and oxygen atoms in total. The maximum atomic E-state index is 12.6. The Balaban J connectivity index is 1.55. The Morgan fingerprint density at radius 3 is 2.54 bits per heavy atom. The molecule has 134 valence electrons. The van der Waals surface area contributed by atoms with Crippen molar-refractivity contribution in [3.63, 3.8) is 0 Å². The van der Waals surface area contributed by atoms with E-state index in [9.17, 15) is 18.7 Å². The molecule has 2 aliphatic rings. The number of hydrogen-bond donors (Lipinski definition) is 1. The molecule has 2 heterocycles. The fourth-order valence-electron chi connectivity index (χ4n) is 3.96. The number of likely N-dealkylation sites (tertiary alicyclic amines) is 1. The van der Waals surface area contributed by atoms with Crippen molar-refractivity contribution in [2.24, 2.45) is 5.92 Å². The number of piperidine rings is 1. The lowest BCUT2D eigenvalue weighted by Gasteiger charge is -2.41. The van der Waals surface area contributed by atoms with Crippen LogP contribution in [-0.4, -0.2) is 44.8 Å². The van der Waals surface area contributed by atoms with Gasteiger partial charge in [-0.25, -0.2) is 13.8 Å². The number of aliphatic hydroxyl groups is 1. The van der Waals surface area contributed by atoms with Crippen molar-refractivity contribution in [3.8, 4) is 0 Å². The fourth-order valence-corrected chi connectivity index (χ4v) is 3.96. The Morgan fingerprint density at radius 1 is 1.21 bits per heavy atom. The van der Waals surface area contributed by atoms with Gasteiger partial charge in [-0.3, -0.25) is 14.3 Å². The molecule has 0 aromatic carbocycles. The quantitative estimate of drug-likeness (QED) is 0.912. The third-order valence-electron chi connectivity index (χ3n) is 5.39. The summed E-state index contributed by atoms with van der Waals surface area (Å²) >= 11 is 0. The third-order valence-corrected chi connectivity index (χ3v) is 5.39. The summed E-state index contributed by atoms with van der Waals surface area (Å²) in [6.07, 6.45) is 4.45. The topological polar surface area (TPSA) is 58.4 Å². The minimum Gasteiger partial charge on any atom is -0.391 e. The van der Waals surface area contributed by atoms with E-state index in [2.05, 4.69) is 9.88 Å². The molecule has 1 saturated carbocycles. The van der Waals surface area contributed by atoms with Crippen molar-refractivity contribution < 1.29 is 13.9 Å². The lowest BCUT2D eigenvalue weighted by molar-refractivity contribution is 0.00272. The molecule has 1 N–H and O–H groups in total. The number of rotatable bonds is 4. The van der Waals surface area contributed by atoms with E-state index in [1.54, 1.807) is 0 Å². The zero-order valence-electron chi connectivity index (χ0n) is 13.8. The van der Waals surface area contributed by atoms with Crippen molar-refractivity contribution in [2.45, 2.75) is 63.6 Å². The summed E-state index contributed by atoms with van der Waals surface area (Å²) in [6, 6.07) is 1.20. The van der Waals surface area contributed by atoms with Gasteiger partial charge in [-0.05, 0) is 44.7 Å². The molecule has 1 aliphatic carbocycles. The summed E-state index contributed by atoms with van der Waals surface area (Å²) in [4.78, 5) is 18.0. The van der Waals surface area contributed by atoms with Gasteiger partial charge in [-0.2, -0.15) is 0 Å². The Bertz CT molecular complexity index is 600. The molecule has 1 aromatic heterocycles. The maximum Gasteiger partial charge on any atom is 0.280 e. The normalized spacial score (nSPS) is 26.8. The zero-order chi connectivity index (χ0) is 17.1. The van der Waals surface area contributed by atoms with Crippen LogP contribution >= 0.6 is 0 Å². The first-order valence-corrected chi connectivity index (χ1v) is 8.81. The van der Waals surface area contributed by atoms with E-state index >= 15 is 0 Å². The van der Waals surface area contributed by atoms with E-state index < -0.39 is 17.7 Å². The van der Waals surface area contributed by atoms with E-state index in [0.717, 1.165) is 51.3 Å². The highest BCUT2D eigenvalue weighted by molar-refractivity contribution is 5.01. The van der Waals surface area contributed by atoms with Crippen molar-refractivity contribution in [3.05, 3.63) is 28.4 Å². The largest absolute Gasteiger partial charge is 0.391 e. The summed E-state index contributed by atoms with van der Waals surface area (Å²) in [7, 11) is 0. The summed E-state index contributed by atoms with van der Waals surface area (Å²) in [5.74, 6) is 0.346. The van der Waals surface area contributed by atoms with Crippen molar-refractivity contribution in [2.75, 3.05) is 13.1 Å². The van der Waals surface area contributed by atoms with E-state index in [1.165, 1.54) is 17.3 Å². The summed E-state index contributed by atoms with van der Waals surface area (Å²) in [5, 5.41) is 10.2. The average molecular weight is 341 g/mol. The van der Waals surface area contributed by atoms with Crippen molar-refractivity contribution in [1.29, 1.82) is 0 Å². The second-order valence-electron chi connectivity index (χ2n) is 7.00. The van der Waals surface area contributed by atoms with Crippen LogP contribution in [0, 0.1) is 5.92 Å². The van der Waals surface area contributed by atoms with Crippen LogP contribution in [0.1, 0.15) is 50.6 Å². The Morgan fingerprint density at radius 2 is 1.92 bits per heavy atom.